The zero-order valence-electron chi connectivity index (χ0n) is 24.5. The highest BCUT2D eigenvalue weighted by atomic mass is 19.1. The fourth-order valence-corrected chi connectivity index (χ4v) is 5.82. The number of nitrogens with one attached hydrogen (secondary N) is 1. The molecule has 10 nitrogen and oxygen atoms in total. The Morgan fingerprint density at radius 2 is 1.93 bits per heavy atom. The number of carbonyl (C=O) groups excluding carboxylic acids is 2. The molecule has 1 N–H and O–H groups in total. The molecular weight excluding hydrogens is 539 g/mol. The lowest BCUT2D eigenvalue weighted by Gasteiger charge is -2.26. The van der Waals surface area contributed by atoms with Crippen LogP contribution in [0.15, 0.2) is 48.9 Å². The Balaban J connectivity index is 1.30. The second kappa shape index (κ2) is 12.3. The highest BCUT2D eigenvalue weighted by Crippen LogP contribution is 2.43. The third kappa shape index (κ3) is 6.15. The molecule has 5 rings (SSSR count). The fourth-order valence-electron chi connectivity index (χ4n) is 5.82. The van der Waals surface area contributed by atoms with Gasteiger partial charge in [-0.1, -0.05) is 6.07 Å². The van der Waals surface area contributed by atoms with Gasteiger partial charge >= 0.3 is 0 Å². The number of amides is 2. The number of nitrogens with zero attached hydrogens (tertiary/aromatic N) is 5. The number of hydrogen-bond acceptors (Lipinski definition) is 8. The minimum atomic E-state index is -0.509. The number of halogens is 1. The first-order chi connectivity index (χ1) is 20.2. The molecule has 2 aliphatic rings. The van der Waals surface area contributed by atoms with Gasteiger partial charge in [0.2, 0.25) is 6.41 Å². The van der Waals surface area contributed by atoms with Gasteiger partial charge in [0.15, 0.2) is 11.6 Å². The largest absolute Gasteiger partial charge is 0.495 e. The van der Waals surface area contributed by atoms with Crippen molar-refractivity contribution in [3.63, 3.8) is 0 Å². The average molecular weight is 577 g/mol. The zero-order chi connectivity index (χ0) is 29.9. The van der Waals surface area contributed by atoms with Crippen LogP contribution in [-0.2, 0) is 11.3 Å². The van der Waals surface area contributed by atoms with E-state index >= 15 is 0 Å². The molecule has 3 heterocycles. The highest BCUT2D eigenvalue weighted by molar-refractivity contribution is 5.97. The van der Waals surface area contributed by atoms with Crippen molar-refractivity contribution in [2.24, 2.45) is 5.41 Å². The molecule has 222 valence electrons. The Morgan fingerprint density at radius 1 is 1.14 bits per heavy atom. The standard InChI is InChI=1S/C31H37FN6O4/c1-21(2)36(3)30(40)24-14-23(32)6-8-26(24)42-28-15-33-19-34-29(28)38-12-10-31(18-38)9-11-37(17-31)16-22-5-7-27(41-4)25(13-22)35-20-39/h5-8,13-15,19-21H,9-12,16-18H2,1-4H3,(H,35,39). The lowest BCUT2D eigenvalue weighted by Crippen LogP contribution is -2.33. The summed E-state index contributed by atoms with van der Waals surface area (Å²) in [5, 5.41) is 2.72. The van der Waals surface area contributed by atoms with Gasteiger partial charge in [0.05, 0.1) is 24.6 Å². The predicted octanol–water partition coefficient (Wildman–Crippen LogP) is 4.57. The van der Waals surface area contributed by atoms with E-state index in [1.165, 1.54) is 24.5 Å². The zero-order valence-corrected chi connectivity index (χ0v) is 24.5. The Kier molecular flexibility index (Phi) is 8.58. The van der Waals surface area contributed by atoms with Gasteiger partial charge < -0.3 is 24.6 Å². The van der Waals surface area contributed by atoms with Crippen LogP contribution < -0.4 is 19.7 Å². The Morgan fingerprint density at radius 3 is 2.69 bits per heavy atom. The second-order valence-electron chi connectivity index (χ2n) is 11.4. The molecule has 2 aliphatic heterocycles. The van der Waals surface area contributed by atoms with Crippen LogP contribution in [0, 0.1) is 11.2 Å². The molecule has 3 aromatic rings. The van der Waals surface area contributed by atoms with Crippen molar-refractivity contribution in [3.8, 4) is 17.2 Å². The molecule has 1 unspecified atom stereocenters. The van der Waals surface area contributed by atoms with Crippen molar-refractivity contribution in [1.82, 2.24) is 19.8 Å². The fraction of sp³-hybridized carbons (Fsp3) is 0.419. The summed E-state index contributed by atoms with van der Waals surface area (Å²) in [7, 11) is 3.27. The van der Waals surface area contributed by atoms with Gasteiger partial charge in [-0.05, 0) is 69.1 Å². The summed E-state index contributed by atoms with van der Waals surface area (Å²) < 4.78 is 25.8. The third-order valence-corrected chi connectivity index (χ3v) is 8.29. The molecule has 1 spiro atoms. The van der Waals surface area contributed by atoms with Crippen LogP contribution in [0.3, 0.4) is 0 Å². The normalized spacial score (nSPS) is 18.5. The van der Waals surface area contributed by atoms with E-state index in [2.05, 4.69) is 25.1 Å². The molecule has 0 bridgehead atoms. The van der Waals surface area contributed by atoms with E-state index < -0.39 is 5.82 Å². The molecule has 1 aromatic heterocycles. The maximum atomic E-state index is 14.2. The Bertz CT molecular complexity index is 1450. The number of benzene rings is 2. The predicted molar refractivity (Wildman–Crippen MR) is 158 cm³/mol. The van der Waals surface area contributed by atoms with E-state index in [0.29, 0.717) is 29.4 Å². The number of anilines is 2. The topological polar surface area (TPSA) is 100 Å². The summed E-state index contributed by atoms with van der Waals surface area (Å²) >= 11 is 0. The van der Waals surface area contributed by atoms with E-state index in [1.54, 1.807) is 25.3 Å². The second-order valence-corrected chi connectivity index (χ2v) is 11.4. The summed E-state index contributed by atoms with van der Waals surface area (Å²) in [5.74, 6) is 1.13. The molecule has 1 atom stereocenters. The highest BCUT2D eigenvalue weighted by Gasteiger charge is 2.44. The lowest BCUT2D eigenvalue weighted by atomic mass is 9.86. The smallest absolute Gasteiger partial charge is 0.257 e. The van der Waals surface area contributed by atoms with Crippen LogP contribution in [0.4, 0.5) is 15.9 Å². The number of aromatic nitrogens is 2. The summed E-state index contributed by atoms with van der Waals surface area (Å²) in [4.78, 5) is 39.1. The molecule has 2 amide bonds. The maximum absolute atomic E-state index is 14.2. The van der Waals surface area contributed by atoms with Crippen LogP contribution in [0.1, 0.15) is 42.6 Å². The minimum Gasteiger partial charge on any atom is -0.495 e. The SMILES string of the molecule is COc1ccc(CN2CCC3(CCN(c4ncncc4Oc4ccc(F)cc4C(=O)N(C)C(C)C)C3)C2)cc1NC=O. The van der Waals surface area contributed by atoms with Gasteiger partial charge in [-0.3, -0.25) is 14.5 Å². The molecule has 2 fully saturated rings. The van der Waals surface area contributed by atoms with E-state index in [9.17, 15) is 14.0 Å². The summed E-state index contributed by atoms with van der Waals surface area (Å²) in [6.07, 6.45) is 5.80. The number of ether oxygens (including phenoxy) is 2. The molecular formula is C31H37FN6O4. The van der Waals surface area contributed by atoms with Crippen molar-refractivity contribution < 1.29 is 23.5 Å². The number of rotatable bonds is 10. The van der Waals surface area contributed by atoms with Crippen molar-refractivity contribution in [2.75, 3.05) is 50.6 Å². The van der Waals surface area contributed by atoms with Gasteiger partial charge in [-0.2, -0.15) is 0 Å². The third-order valence-electron chi connectivity index (χ3n) is 8.29. The molecule has 0 radical (unpaired) electrons. The van der Waals surface area contributed by atoms with Crippen molar-refractivity contribution in [3.05, 3.63) is 65.9 Å². The first kappa shape index (κ1) is 29.2. The molecule has 2 saturated heterocycles. The van der Waals surface area contributed by atoms with E-state index in [4.69, 9.17) is 9.47 Å². The van der Waals surface area contributed by atoms with Crippen LogP contribution >= 0.6 is 0 Å². The van der Waals surface area contributed by atoms with Gasteiger partial charge in [0.1, 0.15) is 23.6 Å². The summed E-state index contributed by atoms with van der Waals surface area (Å²) in [6, 6.07) is 9.76. The van der Waals surface area contributed by atoms with E-state index in [-0.39, 0.29) is 28.7 Å². The molecule has 11 heteroatoms. The van der Waals surface area contributed by atoms with Gasteiger partial charge in [0, 0.05) is 44.7 Å². The maximum Gasteiger partial charge on any atom is 0.257 e. The van der Waals surface area contributed by atoms with Crippen LogP contribution in [-0.4, -0.2) is 78.5 Å². The Hall–Kier alpha value is -4.25. The van der Waals surface area contributed by atoms with E-state index in [1.807, 2.05) is 32.0 Å². The van der Waals surface area contributed by atoms with Crippen LogP contribution in [0.25, 0.3) is 0 Å². The van der Waals surface area contributed by atoms with Crippen LogP contribution in [0.5, 0.6) is 17.2 Å². The summed E-state index contributed by atoms with van der Waals surface area (Å²) in [5.41, 5.74) is 2.01. The van der Waals surface area contributed by atoms with Crippen LogP contribution in [0.2, 0.25) is 0 Å². The molecule has 0 saturated carbocycles. The van der Waals surface area contributed by atoms with Crippen molar-refractivity contribution in [2.45, 2.75) is 39.3 Å². The Labute approximate surface area is 245 Å². The molecule has 42 heavy (non-hydrogen) atoms. The first-order valence-corrected chi connectivity index (χ1v) is 14.1. The first-order valence-electron chi connectivity index (χ1n) is 14.1. The van der Waals surface area contributed by atoms with Crippen molar-refractivity contribution >= 4 is 23.8 Å². The molecule has 2 aromatic carbocycles. The number of likely N-dealkylation sites (tertiary alicyclic amines) is 1. The van der Waals surface area contributed by atoms with Gasteiger partial charge in [-0.25, -0.2) is 14.4 Å². The lowest BCUT2D eigenvalue weighted by molar-refractivity contribution is -0.105. The number of methoxy groups -OCH3 is 1. The van der Waals surface area contributed by atoms with Gasteiger partial charge in [0.25, 0.3) is 5.91 Å². The van der Waals surface area contributed by atoms with E-state index in [0.717, 1.165) is 51.1 Å². The average Bonchev–Trinajstić information content (AvgIpc) is 3.59. The monoisotopic (exact) mass is 576 g/mol. The van der Waals surface area contributed by atoms with Gasteiger partial charge in [-0.15, -0.1) is 0 Å². The summed E-state index contributed by atoms with van der Waals surface area (Å²) in [6.45, 7) is 8.08. The molecule has 0 aliphatic carbocycles. The minimum absolute atomic E-state index is 0.0595. The number of hydrogen-bond donors (Lipinski definition) is 1. The number of carbonyl (C=O) groups is 2. The quantitative estimate of drug-likeness (QED) is 0.351. The van der Waals surface area contributed by atoms with Crippen molar-refractivity contribution in [1.29, 1.82) is 0 Å².